The van der Waals surface area contributed by atoms with Gasteiger partial charge in [0.05, 0.1) is 13.2 Å². The van der Waals surface area contributed by atoms with Crippen LogP contribution in [-0.2, 0) is 37.9 Å². The van der Waals surface area contributed by atoms with E-state index in [-0.39, 0.29) is 11.5 Å². The van der Waals surface area contributed by atoms with Crippen LogP contribution in [0.2, 0.25) is 0 Å². The Hall–Kier alpha value is -3.06. The third-order valence-corrected chi connectivity index (χ3v) is 5.50. The Morgan fingerprint density at radius 2 is 0.650 bits per heavy atom. The minimum absolute atomic E-state index is 0.163. The molecule has 14 nitrogen and oxygen atoms in total. The molecule has 0 aliphatic heterocycles. The van der Waals surface area contributed by atoms with E-state index < -0.39 is 127 Å². The molecule has 1 rings (SSSR count). The highest BCUT2D eigenvalue weighted by molar-refractivity contribution is 5.31. The molecule has 60 heavy (non-hydrogen) atoms. The molecule has 0 fully saturated rings. The molecule has 0 radical (unpaired) electrons. The van der Waals surface area contributed by atoms with Crippen LogP contribution in [0.5, 0.6) is 11.5 Å². The van der Waals surface area contributed by atoms with Crippen LogP contribution >= 0.6 is 0 Å². The number of hydrogen-bond acceptors (Lipinski definition) is 14. The van der Waals surface area contributed by atoms with Crippen LogP contribution in [0.4, 0.5) is 87.8 Å². The smallest absolute Gasteiger partial charge is 0.491 e. The number of benzene rings is 1. The van der Waals surface area contributed by atoms with Gasteiger partial charge in [-0.2, -0.15) is 70.2 Å². The Balaban J connectivity index is 2.52. The molecule has 2 unspecified atom stereocenters. The average molecular weight is 942 g/mol. The molecular weight excluding hydrogens is 916 g/mol. The molecule has 0 spiro atoms. The number of halogens is 20. The van der Waals surface area contributed by atoms with Crippen LogP contribution in [-0.4, -0.2) is 147 Å². The van der Waals surface area contributed by atoms with E-state index in [1.165, 1.54) is 0 Å². The first kappa shape index (κ1) is 55.0. The predicted octanol–water partition coefficient (Wildman–Crippen LogP) is 5.13. The van der Waals surface area contributed by atoms with Crippen molar-refractivity contribution in [2.75, 3.05) is 52.9 Å². The molecule has 0 saturated heterocycles. The maximum absolute atomic E-state index is 13.7. The maximum Gasteiger partial charge on any atom is 0.495 e. The number of hydrogen-bond donors (Lipinski definition) is 4. The van der Waals surface area contributed by atoms with Crippen molar-refractivity contribution in [2.45, 2.75) is 73.7 Å². The van der Waals surface area contributed by atoms with E-state index in [1.807, 2.05) is 0 Å². The monoisotopic (exact) mass is 942 g/mol. The second-order valence-electron chi connectivity index (χ2n) is 10.9. The van der Waals surface area contributed by atoms with Crippen LogP contribution in [0, 0.1) is 0 Å². The number of ether oxygens (including phenoxy) is 10. The standard InChI is InChI=1S/C26H26F20O14/c27-17(28,9-47)55-21(35,36)23(39,40)60-26(45,46)58-20(33,34)12-52-6-14(50)8-54-16-3-1-15(2-4-16)53-7-13(49)5-51-11-19(31,32)56-22(37,38)24(41,42)59-25(43,44)57-18(29,30)10-48/h1-4,13-14,47-50H,5-12H2. The maximum atomic E-state index is 13.7. The van der Waals surface area contributed by atoms with Crippen molar-refractivity contribution in [2.24, 2.45) is 0 Å². The number of aliphatic hydroxyl groups is 4. The van der Waals surface area contributed by atoms with Crippen LogP contribution in [0.3, 0.4) is 0 Å². The molecule has 0 aliphatic rings. The van der Waals surface area contributed by atoms with E-state index in [4.69, 9.17) is 19.7 Å². The Bertz CT molecular complexity index is 1440. The molecule has 0 bridgehead atoms. The molecule has 2 atom stereocenters. The molecular formula is C26H26F20O14. The lowest BCUT2D eigenvalue weighted by Crippen LogP contribution is -2.54. The topological polar surface area (TPSA) is 173 Å². The fraction of sp³-hybridized carbons (Fsp3) is 0.769. The van der Waals surface area contributed by atoms with Gasteiger partial charge in [-0.3, -0.25) is 0 Å². The molecule has 0 saturated carbocycles. The largest absolute Gasteiger partial charge is 0.495 e. The number of aliphatic hydroxyl groups excluding tert-OH is 4. The minimum Gasteiger partial charge on any atom is -0.491 e. The van der Waals surface area contributed by atoms with Crippen molar-refractivity contribution in [1.82, 2.24) is 0 Å². The molecule has 34 heteroatoms. The van der Waals surface area contributed by atoms with E-state index in [2.05, 4.69) is 37.9 Å². The molecule has 4 N–H and O–H groups in total. The first-order valence-electron chi connectivity index (χ1n) is 14.9. The van der Waals surface area contributed by atoms with Crippen molar-refractivity contribution in [3.05, 3.63) is 24.3 Å². The van der Waals surface area contributed by atoms with Crippen LogP contribution in [0.15, 0.2) is 24.3 Å². The third kappa shape index (κ3) is 19.3. The van der Waals surface area contributed by atoms with Crippen molar-refractivity contribution < 1.29 is 156 Å². The Kier molecular flexibility index (Phi) is 18.7. The quantitative estimate of drug-likeness (QED) is 0.0591. The van der Waals surface area contributed by atoms with E-state index in [9.17, 15) is 98.0 Å². The van der Waals surface area contributed by atoms with Gasteiger partial charge in [0.15, 0.2) is 0 Å². The Morgan fingerprint density at radius 3 is 0.983 bits per heavy atom. The van der Waals surface area contributed by atoms with Crippen molar-refractivity contribution in [3.8, 4) is 11.5 Å². The lowest BCUT2D eigenvalue weighted by Gasteiger charge is -2.31. The van der Waals surface area contributed by atoms with E-state index in [0.717, 1.165) is 24.3 Å². The highest BCUT2D eigenvalue weighted by Gasteiger charge is 2.70. The molecule has 1 aromatic rings. The highest BCUT2D eigenvalue weighted by atomic mass is 19.4. The van der Waals surface area contributed by atoms with Gasteiger partial charge in [-0.1, -0.05) is 0 Å². The summed E-state index contributed by atoms with van der Waals surface area (Å²) in [6.45, 7) is -14.1. The highest BCUT2D eigenvalue weighted by Crippen LogP contribution is 2.46. The molecule has 354 valence electrons. The fourth-order valence-corrected chi connectivity index (χ4v) is 3.16. The summed E-state index contributed by atoms with van der Waals surface area (Å²) in [5, 5.41) is 35.7. The van der Waals surface area contributed by atoms with E-state index >= 15 is 0 Å². The van der Waals surface area contributed by atoms with Gasteiger partial charge < -0.3 is 39.4 Å². The van der Waals surface area contributed by atoms with Crippen molar-refractivity contribution in [1.29, 1.82) is 0 Å². The fourth-order valence-electron chi connectivity index (χ4n) is 3.16. The van der Waals surface area contributed by atoms with Gasteiger partial charge in [0.1, 0.15) is 63.3 Å². The Labute approximate surface area is 318 Å². The number of alkyl halides is 20. The number of rotatable bonds is 30. The summed E-state index contributed by atoms with van der Waals surface area (Å²) >= 11 is 0. The van der Waals surface area contributed by atoms with Gasteiger partial charge in [-0.15, -0.1) is 17.6 Å². The van der Waals surface area contributed by atoms with Gasteiger partial charge in [-0.25, -0.2) is 28.4 Å². The van der Waals surface area contributed by atoms with E-state index in [1.54, 1.807) is 0 Å². The van der Waals surface area contributed by atoms with Crippen LogP contribution in [0.1, 0.15) is 0 Å². The summed E-state index contributed by atoms with van der Waals surface area (Å²) in [4.78, 5) is 0. The zero-order chi connectivity index (χ0) is 46.9. The van der Waals surface area contributed by atoms with E-state index in [0.29, 0.717) is 0 Å². The van der Waals surface area contributed by atoms with Gasteiger partial charge >= 0.3 is 61.5 Å². The zero-order valence-electron chi connectivity index (χ0n) is 28.6. The predicted molar refractivity (Wildman–Crippen MR) is 141 cm³/mol. The second kappa shape index (κ2) is 20.4. The third-order valence-electron chi connectivity index (χ3n) is 5.50. The first-order chi connectivity index (χ1) is 26.8. The lowest BCUT2D eigenvalue weighted by atomic mass is 10.3. The van der Waals surface area contributed by atoms with Gasteiger partial charge in [-0.05, 0) is 24.3 Å². The van der Waals surface area contributed by atoms with Gasteiger partial charge in [0.2, 0.25) is 0 Å². The summed E-state index contributed by atoms with van der Waals surface area (Å²) in [6.07, 6.45) is -64.9. The summed E-state index contributed by atoms with van der Waals surface area (Å²) in [6, 6.07) is 4.18. The van der Waals surface area contributed by atoms with Gasteiger partial charge in [0.25, 0.3) is 0 Å². The van der Waals surface area contributed by atoms with Gasteiger partial charge in [0, 0.05) is 0 Å². The minimum atomic E-state index is -6.79. The summed E-state index contributed by atoms with van der Waals surface area (Å²) < 4.78 is 297. The lowest BCUT2D eigenvalue weighted by molar-refractivity contribution is -0.567. The van der Waals surface area contributed by atoms with Crippen LogP contribution < -0.4 is 9.47 Å². The summed E-state index contributed by atoms with van der Waals surface area (Å²) in [5.41, 5.74) is 0. The molecule has 0 heterocycles. The molecule has 1 aromatic carbocycles. The zero-order valence-corrected chi connectivity index (χ0v) is 28.6. The average Bonchev–Trinajstić information content (AvgIpc) is 3.03. The second-order valence-corrected chi connectivity index (χ2v) is 10.9. The molecule has 0 aromatic heterocycles. The molecule has 0 aliphatic carbocycles. The Morgan fingerprint density at radius 1 is 0.383 bits per heavy atom. The van der Waals surface area contributed by atoms with Crippen molar-refractivity contribution >= 4 is 0 Å². The first-order valence-corrected chi connectivity index (χ1v) is 14.9. The normalized spacial score (nSPS) is 15.6. The van der Waals surface area contributed by atoms with Crippen molar-refractivity contribution in [3.63, 3.8) is 0 Å². The molecule has 0 amide bonds. The summed E-state index contributed by atoms with van der Waals surface area (Å²) in [5.74, 6) is -0.331. The SMILES string of the molecule is OCC(F)(F)OC(F)(F)OC(F)(F)C(F)(F)OC(F)(F)COCC(O)COc1ccc(OCC(O)COCC(F)(F)OC(F)(F)OC(F)(F)C(F)(F)OC(F)(F)CO)cc1. The van der Waals surface area contributed by atoms with Crippen LogP contribution in [0.25, 0.3) is 0 Å². The summed E-state index contributed by atoms with van der Waals surface area (Å²) in [7, 11) is 0.